The molecule has 0 radical (unpaired) electrons. The lowest BCUT2D eigenvalue weighted by molar-refractivity contribution is 0.103. The number of hydrogen-bond donors (Lipinski definition) is 2. The Morgan fingerprint density at radius 2 is 1.71 bits per heavy atom. The molecule has 0 atom stereocenters. The summed E-state index contributed by atoms with van der Waals surface area (Å²) in [5, 5.41) is 9.87. The third-order valence-corrected chi connectivity index (χ3v) is 3.72. The summed E-state index contributed by atoms with van der Waals surface area (Å²) in [4.78, 5) is 11.8. The molecule has 2 aromatic rings. The number of benzene rings is 2. The largest absolute Gasteiger partial charge is 0.507 e. The summed E-state index contributed by atoms with van der Waals surface area (Å²) in [6, 6.07) is 9.98. The highest BCUT2D eigenvalue weighted by Gasteiger charge is 2.26. The number of aromatic hydroxyl groups is 1. The van der Waals surface area contributed by atoms with Gasteiger partial charge in [-0.15, -0.1) is 0 Å². The van der Waals surface area contributed by atoms with E-state index in [4.69, 9.17) is 9.29 Å². The molecule has 0 amide bonds. The van der Waals surface area contributed by atoms with Crippen molar-refractivity contribution in [2.24, 2.45) is 0 Å². The smallest absolute Gasteiger partial charge is 0.298 e. The Bertz CT molecular complexity index is 781. The fourth-order valence-corrected chi connectivity index (χ4v) is 2.57. The van der Waals surface area contributed by atoms with Crippen LogP contribution in [0.1, 0.15) is 15.9 Å². The quantitative estimate of drug-likeness (QED) is 0.660. The number of carbonyl (C=O) groups is 1. The van der Waals surface area contributed by atoms with E-state index in [0.717, 1.165) is 19.2 Å². The Balaban J connectivity index is 2.72. The molecule has 0 aliphatic heterocycles. The first-order valence-electron chi connectivity index (χ1n) is 5.83. The zero-order valence-corrected chi connectivity index (χ0v) is 11.8. The van der Waals surface area contributed by atoms with E-state index in [1.54, 1.807) is 18.2 Å². The van der Waals surface area contributed by atoms with Gasteiger partial charge in [-0.25, -0.2) is 0 Å². The van der Waals surface area contributed by atoms with Crippen molar-refractivity contribution in [3.63, 3.8) is 0 Å². The van der Waals surface area contributed by atoms with Crippen LogP contribution >= 0.6 is 0 Å². The minimum Gasteiger partial charge on any atom is -0.507 e. The lowest BCUT2D eigenvalue weighted by Gasteiger charge is -2.12. The van der Waals surface area contributed by atoms with Crippen LogP contribution in [0.3, 0.4) is 0 Å². The van der Waals surface area contributed by atoms with Gasteiger partial charge in [0.1, 0.15) is 16.2 Å². The first-order valence-corrected chi connectivity index (χ1v) is 7.27. The van der Waals surface area contributed by atoms with Gasteiger partial charge in [0.15, 0.2) is 5.75 Å². The van der Waals surface area contributed by atoms with E-state index in [-0.39, 0.29) is 11.1 Å². The zero-order valence-electron chi connectivity index (χ0n) is 11.0. The van der Waals surface area contributed by atoms with Gasteiger partial charge in [0.25, 0.3) is 10.1 Å². The highest BCUT2D eigenvalue weighted by molar-refractivity contribution is 7.86. The van der Waals surface area contributed by atoms with Crippen LogP contribution in [0.5, 0.6) is 11.5 Å². The Hall–Kier alpha value is -2.38. The molecule has 7 heteroatoms. The van der Waals surface area contributed by atoms with Crippen molar-refractivity contribution in [3.05, 3.63) is 53.6 Å². The van der Waals surface area contributed by atoms with E-state index in [1.165, 1.54) is 12.1 Å². The van der Waals surface area contributed by atoms with E-state index in [0.29, 0.717) is 0 Å². The molecule has 0 heterocycles. The predicted molar refractivity (Wildman–Crippen MR) is 74.3 cm³/mol. The normalized spacial score (nSPS) is 11.1. The van der Waals surface area contributed by atoms with Gasteiger partial charge < -0.3 is 9.84 Å². The van der Waals surface area contributed by atoms with Crippen LogP contribution in [0.4, 0.5) is 0 Å². The molecule has 2 aromatic carbocycles. The topological polar surface area (TPSA) is 101 Å². The van der Waals surface area contributed by atoms with Crippen molar-refractivity contribution in [1.82, 2.24) is 0 Å². The van der Waals surface area contributed by atoms with Crippen molar-refractivity contribution in [3.8, 4) is 11.5 Å². The molecule has 0 aliphatic rings. The Morgan fingerprint density at radius 3 is 2.24 bits per heavy atom. The van der Waals surface area contributed by atoms with Crippen LogP contribution in [0.2, 0.25) is 0 Å². The third kappa shape index (κ3) is 2.88. The first kappa shape index (κ1) is 15.0. The summed E-state index contributed by atoms with van der Waals surface area (Å²) < 4.78 is 36.7. The molecular weight excluding hydrogens is 296 g/mol. The predicted octanol–water partition coefficient (Wildman–Crippen LogP) is 1.88. The molecule has 21 heavy (non-hydrogen) atoms. The molecule has 2 N–H and O–H groups in total. The van der Waals surface area contributed by atoms with Gasteiger partial charge in [0.2, 0.25) is 5.78 Å². The second kappa shape index (κ2) is 5.55. The van der Waals surface area contributed by atoms with Gasteiger partial charge in [-0.2, -0.15) is 8.42 Å². The lowest BCUT2D eigenvalue weighted by Crippen LogP contribution is -2.09. The van der Waals surface area contributed by atoms with Gasteiger partial charge in [-0.05, 0) is 12.1 Å². The molecule has 0 unspecified atom stereocenters. The fraction of sp³-hybridized carbons (Fsp3) is 0.0714. The molecule has 110 valence electrons. The summed E-state index contributed by atoms with van der Waals surface area (Å²) >= 11 is 0. The van der Waals surface area contributed by atoms with Gasteiger partial charge in [-0.3, -0.25) is 9.35 Å². The third-order valence-electron chi connectivity index (χ3n) is 2.84. The lowest BCUT2D eigenvalue weighted by atomic mass is 10.0. The number of ketones is 1. The maximum absolute atomic E-state index is 12.4. The molecule has 0 fully saturated rings. The fourth-order valence-electron chi connectivity index (χ4n) is 1.91. The number of rotatable bonds is 4. The molecule has 0 aliphatic carbocycles. The van der Waals surface area contributed by atoms with Crippen molar-refractivity contribution in [2.45, 2.75) is 4.90 Å². The highest BCUT2D eigenvalue weighted by Crippen LogP contribution is 2.35. The van der Waals surface area contributed by atoms with Crippen LogP contribution < -0.4 is 4.74 Å². The SMILES string of the molecule is COc1c(S(=O)(=O)O)ccc(O)c1C(=O)c1ccccc1. The van der Waals surface area contributed by atoms with E-state index in [9.17, 15) is 18.3 Å². The van der Waals surface area contributed by atoms with Crippen LogP contribution in [0.25, 0.3) is 0 Å². The number of hydrogen-bond acceptors (Lipinski definition) is 5. The van der Waals surface area contributed by atoms with Gasteiger partial charge in [0.05, 0.1) is 7.11 Å². The van der Waals surface area contributed by atoms with E-state index in [1.807, 2.05) is 0 Å². The Kier molecular flexibility index (Phi) is 3.97. The molecule has 0 spiro atoms. The maximum atomic E-state index is 12.4. The second-order valence-corrected chi connectivity index (χ2v) is 5.55. The van der Waals surface area contributed by atoms with Crippen LogP contribution in [0.15, 0.2) is 47.4 Å². The maximum Gasteiger partial charge on any atom is 0.298 e. The number of methoxy groups -OCH3 is 1. The highest BCUT2D eigenvalue weighted by atomic mass is 32.2. The summed E-state index contributed by atoms with van der Waals surface area (Å²) in [5.74, 6) is -1.45. The molecular formula is C14H12O6S. The summed E-state index contributed by atoms with van der Waals surface area (Å²) in [6.07, 6.45) is 0. The second-order valence-electron chi connectivity index (χ2n) is 4.16. The molecule has 6 nitrogen and oxygen atoms in total. The standard InChI is InChI=1S/C14H12O6S/c1-20-14-11(21(17,18)19)8-7-10(15)12(14)13(16)9-5-3-2-4-6-9/h2-8,15H,1H3,(H,17,18,19). The molecule has 0 aromatic heterocycles. The van der Waals surface area contributed by atoms with Crippen LogP contribution in [-0.2, 0) is 10.1 Å². The van der Waals surface area contributed by atoms with Gasteiger partial charge >= 0.3 is 0 Å². The average molecular weight is 308 g/mol. The van der Waals surface area contributed by atoms with E-state index >= 15 is 0 Å². The van der Waals surface area contributed by atoms with Crippen molar-refractivity contribution < 1.29 is 27.6 Å². The summed E-state index contributed by atoms with van der Waals surface area (Å²) in [7, 11) is -3.44. The van der Waals surface area contributed by atoms with E-state index < -0.39 is 32.3 Å². The number of phenolic OH excluding ortho intramolecular Hbond substituents is 1. The number of carbonyl (C=O) groups excluding carboxylic acids is 1. The average Bonchev–Trinajstić information content (AvgIpc) is 2.45. The minimum absolute atomic E-state index is 0.249. The van der Waals surface area contributed by atoms with Crippen molar-refractivity contribution in [1.29, 1.82) is 0 Å². The summed E-state index contributed by atoms with van der Waals surface area (Å²) in [5.41, 5.74) is -0.0718. The van der Waals surface area contributed by atoms with Crippen molar-refractivity contribution >= 4 is 15.9 Å². The first-order chi connectivity index (χ1) is 9.86. The Morgan fingerprint density at radius 1 is 1.10 bits per heavy atom. The van der Waals surface area contributed by atoms with Crippen LogP contribution in [-0.4, -0.2) is 31.0 Å². The minimum atomic E-state index is -4.59. The monoisotopic (exact) mass is 308 g/mol. The van der Waals surface area contributed by atoms with Gasteiger partial charge in [-0.1, -0.05) is 30.3 Å². The molecule has 0 saturated heterocycles. The number of ether oxygens (including phenoxy) is 1. The zero-order chi connectivity index (χ0) is 15.6. The number of phenols is 1. The Labute approximate surface area is 121 Å². The van der Waals surface area contributed by atoms with Crippen molar-refractivity contribution in [2.75, 3.05) is 7.11 Å². The van der Waals surface area contributed by atoms with Gasteiger partial charge in [0, 0.05) is 5.56 Å². The van der Waals surface area contributed by atoms with E-state index in [2.05, 4.69) is 0 Å². The summed E-state index contributed by atoms with van der Waals surface area (Å²) in [6.45, 7) is 0. The van der Waals surface area contributed by atoms with Crippen LogP contribution in [0, 0.1) is 0 Å². The molecule has 2 rings (SSSR count). The molecule has 0 saturated carbocycles. The molecule has 0 bridgehead atoms.